The number of rotatable bonds is 6. The average Bonchev–Trinajstić information content (AvgIpc) is 3.13. The van der Waals surface area contributed by atoms with Gasteiger partial charge in [0.2, 0.25) is 10.0 Å². The van der Waals surface area contributed by atoms with E-state index in [0.29, 0.717) is 31.1 Å². The smallest absolute Gasteiger partial charge is 0.265 e. The largest absolute Gasteiger partial charge is 0.340 e. The van der Waals surface area contributed by atoms with E-state index in [1.807, 2.05) is 7.05 Å². The Bertz CT molecular complexity index is 597. The van der Waals surface area contributed by atoms with Crippen LogP contribution < -0.4 is 5.32 Å². The first-order chi connectivity index (χ1) is 9.98. The van der Waals surface area contributed by atoms with E-state index in [0.717, 1.165) is 12.8 Å². The van der Waals surface area contributed by atoms with Gasteiger partial charge >= 0.3 is 0 Å². The third-order valence-electron chi connectivity index (χ3n) is 3.55. The van der Waals surface area contributed by atoms with Crippen molar-refractivity contribution < 1.29 is 13.2 Å². The van der Waals surface area contributed by atoms with Gasteiger partial charge in [-0.2, -0.15) is 4.31 Å². The molecule has 1 aliphatic heterocycles. The number of carbonyl (C=O) groups excluding carboxylic acids is 1. The van der Waals surface area contributed by atoms with E-state index in [1.165, 1.54) is 21.7 Å². The minimum atomic E-state index is -3.54. The fraction of sp³-hybridized carbons (Fsp3) is 0.615. The molecule has 0 spiro atoms. The Morgan fingerprint density at radius 1 is 1.41 bits per heavy atom. The summed E-state index contributed by atoms with van der Waals surface area (Å²) in [6.07, 6.45) is 1.77. The number of amides is 1. The summed E-state index contributed by atoms with van der Waals surface area (Å²) in [4.78, 5) is 14.4. The van der Waals surface area contributed by atoms with Gasteiger partial charge in [0, 0.05) is 33.2 Å². The summed E-state index contributed by atoms with van der Waals surface area (Å²) >= 11 is 1.19. The first-order valence-electron chi connectivity index (χ1n) is 6.96. The van der Waals surface area contributed by atoms with Gasteiger partial charge in [0.25, 0.3) is 5.91 Å². The molecule has 0 radical (unpaired) electrons. The second-order valence-electron chi connectivity index (χ2n) is 5.06. The second-order valence-corrected chi connectivity index (χ2v) is 7.88. The number of carbonyl (C=O) groups is 1. The summed E-state index contributed by atoms with van der Waals surface area (Å²) in [5.74, 6) is -0.238. The molecule has 0 saturated carbocycles. The maximum Gasteiger partial charge on any atom is 0.265 e. The molecule has 1 N–H and O–H groups in total. The van der Waals surface area contributed by atoms with E-state index in [2.05, 4.69) is 5.32 Å². The topological polar surface area (TPSA) is 69.7 Å². The zero-order valence-corrected chi connectivity index (χ0v) is 15.2. The fourth-order valence-electron chi connectivity index (χ4n) is 2.28. The van der Waals surface area contributed by atoms with E-state index >= 15 is 0 Å². The highest BCUT2D eigenvalue weighted by molar-refractivity contribution is 7.89. The highest BCUT2D eigenvalue weighted by Crippen LogP contribution is 2.28. The molecule has 1 aromatic heterocycles. The van der Waals surface area contributed by atoms with E-state index < -0.39 is 10.0 Å². The summed E-state index contributed by atoms with van der Waals surface area (Å²) in [6.45, 7) is 2.29. The molecule has 0 aliphatic carbocycles. The number of likely N-dealkylation sites (N-methyl/N-ethyl adjacent to an activating group) is 2. The molecule has 1 amide bonds. The summed E-state index contributed by atoms with van der Waals surface area (Å²) in [5, 5.41) is 4.64. The van der Waals surface area contributed by atoms with Crippen LogP contribution in [0, 0.1) is 0 Å². The van der Waals surface area contributed by atoms with Crippen LogP contribution in [0.1, 0.15) is 22.5 Å². The number of nitrogens with zero attached hydrogens (tertiary/aromatic N) is 2. The van der Waals surface area contributed by atoms with Gasteiger partial charge in [-0.1, -0.05) is 0 Å². The Morgan fingerprint density at radius 2 is 2.05 bits per heavy atom. The molecule has 9 heteroatoms. The lowest BCUT2D eigenvalue weighted by Crippen LogP contribution is -2.34. The molecule has 1 aromatic rings. The third kappa shape index (κ3) is 3.99. The fourth-order valence-corrected chi connectivity index (χ4v) is 5.18. The van der Waals surface area contributed by atoms with Crippen LogP contribution in [0.15, 0.2) is 16.3 Å². The van der Waals surface area contributed by atoms with Crippen LogP contribution in [-0.2, 0) is 10.0 Å². The van der Waals surface area contributed by atoms with Crippen molar-refractivity contribution in [2.75, 3.05) is 40.3 Å². The van der Waals surface area contributed by atoms with Crippen molar-refractivity contribution in [1.82, 2.24) is 14.5 Å². The Morgan fingerprint density at radius 3 is 2.64 bits per heavy atom. The lowest BCUT2D eigenvalue weighted by atomic mass is 10.4. The zero-order chi connectivity index (χ0) is 15.5. The van der Waals surface area contributed by atoms with Crippen LogP contribution in [-0.4, -0.2) is 63.8 Å². The molecule has 1 saturated heterocycles. The molecule has 1 fully saturated rings. The van der Waals surface area contributed by atoms with Crippen LogP contribution in [0.25, 0.3) is 0 Å². The first kappa shape index (κ1) is 19.4. The van der Waals surface area contributed by atoms with E-state index in [-0.39, 0.29) is 23.2 Å². The molecule has 126 valence electrons. The summed E-state index contributed by atoms with van der Waals surface area (Å²) in [6, 6.07) is 1.54. The van der Waals surface area contributed by atoms with Crippen molar-refractivity contribution in [1.29, 1.82) is 0 Å². The SMILES string of the molecule is CNCCN(C)C(=O)c1sccc1S(=O)(=O)N1CCCC1.Cl. The molecule has 0 aromatic carbocycles. The van der Waals surface area contributed by atoms with E-state index in [9.17, 15) is 13.2 Å². The maximum absolute atomic E-state index is 12.6. The van der Waals surface area contributed by atoms with Crippen molar-refractivity contribution in [3.63, 3.8) is 0 Å². The summed E-state index contributed by atoms with van der Waals surface area (Å²) in [5.41, 5.74) is 0. The number of hydrogen-bond donors (Lipinski definition) is 1. The molecule has 2 rings (SSSR count). The van der Waals surface area contributed by atoms with Crippen LogP contribution in [0.2, 0.25) is 0 Å². The van der Waals surface area contributed by atoms with Gasteiger partial charge in [-0.25, -0.2) is 8.42 Å². The number of sulfonamides is 1. The van der Waals surface area contributed by atoms with Gasteiger partial charge in [-0.05, 0) is 31.3 Å². The average molecular weight is 368 g/mol. The summed E-state index contributed by atoms with van der Waals surface area (Å²) < 4.78 is 26.7. The first-order valence-corrected chi connectivity index (χ1v) is 9.28. The van der Waals surface area contributed by atoms with E-state index in [1.54, 1.807) is 17.3 Å². The van der Waals surface area contributed by atoms with Crippen LogP contribution in [0.5, 0.6) is 0 Å². The molecule has 0 bridgehead atoms. The molecule has 2 heterocycles. The number of hydrogen-bond acceptors (Lipinski definition) is 5. The van der Waals surface area contributed by atoms with Crippen LogP contribution in [0.4, 0.5) is 0 Å². The second kappa shape index (κ2) is 8.26. The lowest BCUT2D eigenvalue weighted by molar-refractivity contribution is 0.0798. The van der Waals surface area contributed by atoms with Crippen molar-refractivity contribution in [2.45, 2.75) is 17.7 Å². The van der Waals surface area contributed by atoms with Gasteiger partial charge < -0.3 is 10.2 Å². The third-order valence-corrected chi connectivity index (χ3v) is 6.52. The maximum atomic E-state index is 12.6. The molecule has 6 nitrogen and oxygen atoms in total. The highest BCUT2D eigenvalue weighted by atomic mass is 35.5. The molecular formula is C13H22ClN3O3S2. The molecule has 22 heavy (non-hydrogen) atoms. The number of thiophene rings is 1. The molecular weight excluding hydrogens is 346 g/mol. The normalized spacial score (nSPS) is 15.5. The quantitative estimate of drug-likeness (QED) is 0.821. The Labute approximate surface area is 141 Å². The lowest BCUT2D eigenvalue weighted by Gasteiger charge is -2.19. The van der Waals surface area contributed by atoms with Gasteiger partial charge in [0.05, 0.1) is 0 Å². The predicted molar refractivity (Wildman–Crippen MR) is 90.4 cm³/mol. The molecule has 0 unspecified atom stereocenters. The van der Waals surface area contributed by atoms with Crippen molar-refractivity contribution in [3.05, 3.63) is 16.3 Å². The van der Waals surface area contributed by atoms with Gasteiger partial charge in [0.1, 0.15) is 9.77 Å². The monoisotopic (exact) mass is 367 g/mol. The van der Waals surface area contributed by atoms with E-state index in [4.69, 9.17) is 0 Å². The highest BCUT2D eigenvalue weighted by Gasteiger charge is 2.32. The Hall–Kier alpha value is -0.670. The molecule has 1 aliphatic rings. The minimum Gasteiger partial charge on any atom is -0.340 e. The number of nitrogens with one attached hydrogen (secondary N) is 1. The minimum absolute atomic E-state index is 0. The predicted octanol–water partition coefficient (Wildman–Crippen LogP) is 1.25. The van der Waals surface area contributed by atoms with Gasteiger partial charge in [-0.3, -0.25) is 4.79 Å². The Balaban J connectivity index is 0.00000242. The molecule has 0 atom stereocenters. The van der Waals surface area contributed by atoms with Crippen molar-refractivity contribution >= 4 is 39.7 Å². The van der Waals surface area contributed by atoms with Crippen LogP contribution >= 0.6 is 23.7 Å². The summed E-state index contributed by atoms with van der Waals surface area (Å²) in [7, 11) is -0.0461. The standard InChI is InChI=1S/C13H21N3O3S2.ClH/c1-14-6-9-15(2)13(17)12-11(5-10-20-12)21(18,19)16-7-3-4-8-16;/h5,10,14H,3-4,6-9H2,1-2H3;1H. The van der Waals surface area contributed by atoms with Gasteiger partial charge in [0.15, 0.2) is 0 Å². The Kier molecular flexibility index (Phi) is 7.27. The van der Waals surface area contributed by atoms with Crippen LogP contribution in [0.3, 0.4) is 0 Å². The number of halogens is 1. The zero-order valence-electron chi connectivity index (χ0n) is 12.7. The van der Waals surface area contributed by atoms with Crippen molar-refractivity contribution in [3.8, 4) is 0 Å². The van der Waals surface area contributed by atoms with Crippen molar-refractivity contribution in [2.24, 2.45) is 0 Å². The van der Waals surface area contributed by atoms with Gasteiger partial charge in [-0.15, -0.1) is 23.7 Å².